The zero-order valence-electron chi connectivity index (χ0n) is 15.5. The van der Waals surface area contributed by atoms with E-state index >= 15 is 0 Å². The number of carboxylic acid groups (broad SMARTS) is 1. The van der Waals surface area contributed by atoms with E-state index in [0.717, 1.165) is 16.8 Å². The van der Waals surface area contributed by atoms with E-state index in [2.05, 4.69) is 10.2 Å². The van der Waals surface area contributed by atoms with Gasteiger partial charge in [-0.25, -0.2) is 4.79 Å². The van der Waals surface area contributed by atoms with Crippen LogP contribution < -0.4 is 10.2 Å². The number of halogens is 2. The van der Waals surface area contributed by atoms with E-state index in [9.17, 15) is 14.7 Å². The lowest BCUT2D eigenvalue weighted by molar-refractivity contribution is -0.141. The number of benzene rings is 2. The number of carbonyl (C=O) groups is 2. The van der Waals surface area contributed by atoms with E-state index in [1.807, 2.05) is 54.6 Å². The fourth-order valence-corrected chi connectivity index (χ4v) is 3.29. The Kier molecular flexibility index (Phi) is 9.11. The van der Waals surface area contributed by atoms with Gasteiger partial charge >= 0.3 is 5.97 Å². The van der Waals surface area contributed by atoms with Gasteiger partial charge < -0.3 is 15.3 Å². The summed E-state index contributed by atoms with van der Waals surface area (Å²) in [7, 11) is 0. The number of anilines is 1. The minimum Gasteiger partial charge on any atom is -0.480 e. The van der Waals surface area contributed by atoms with Crippen LogP contribution >= 0.6 is 23.2 Å². The van der Waals surface area contributed by atoms with Gasteiger partial charge in [-0.2, -0.15) is 0 Å². The number of carbonyl (C=O) groups excluding carboxylic acids is 1. The van der Waals surface area contributed by atoms with Gasteiger partial charge in [0.2, 0.25) is 5.91 Å². The Morgan fingerprint density at radius 2 is 1.54 bits per heavy atom. The summed E-state index contributed by atoms with van der Waals surface area (Å²) in [4.78, 5) is 25.9. The molecule has 7 heteroatoms. The number of hydrogen-bond acceptors (Lipinski definition) is 3. The van der Waals surface area contributed by atoms with Gasteiger partial charge in [-0.15, -0.1) is 23.2 Å². The van der Waals surface area contributed by atoms with Gasteiger partial charge in [0.25, 0.3) is 0 Å². The molecule has 2 N–H and O–H groups in total. The lowest BCUT2D eigenvalue weighted by Gasteiger charge is -2.23. The first-order valence-corrected chi connectivity index (χ1v) is 10.1. The maximum absolute atomic E-state index is 12.3. The van der Waals surface area contributed by atoms with Gasteiger partial charge in [0.1, 0.15) is 6.04 Å². The van der Waals surface area contributed by atoms with E-state index in [1.165, 1.54) is 0 Å². The Hall–Kier alpha value is -2.24. The first kappa shape index (κ1) is 22.1. The summed E-state index contributed by atoms with van der Waals surface area (Å²) in [5.41, 5.74) is 2.65. The first-order chi connectivity index (χ1) is 13.5. The van der Waals surface area contributed by atoms with Crippen LogP contribution in [-0.2, 0) is 22.4 Å². The number of nitrogens with zero attached hydrogens (tertiary/aromatic N) is 1. The zero-order valence-corrected chi connectivity index (χ0v) is 17.0. The van der Waals surface area contributed by atoms with Crippen LogP contribution in [0.15, 0.2) is 54.6 Å². The maximum Gasteiger partial charge on any atom is 0.326 e. The molecule has 150 valence electrons. The average Bonchev–Trinajstić information content (AvgIpc) is 2.68. The predicted octanol–water partition coefficient (Wildman–Crippen LogP) is 3.33. The van der Waals surface area contributed by atoms with Crippen molar-refractivity contribution in [3.63, 3.8) is 0 Å². The van der Waals surface area contributed by atoms with E-state index in [-0.39, 0.29) is 18.7 Å². The van der Waals surface area contributed by atoms with Crippen LogP contribution in [0.1, 0.15) is 11.1 Å². The van der Waals surface area contributed by atoms with Gasteiger partial charge in [0, 0.05) is 37.0 Å². The van der Waals surface area contributed by atoms with Crippen LogP contribution in [0.4, 0.5) is 5.69 Å². The topological polar surface area (TPSA) is 69.6 Å². The molecule has 0 spiro atoms. The van der Waals surface area contributed by atoms with Crippen molar-refractivity contribution < 1.29 is 14.7 Å². The molecular formula is C21H24Cl2N2O3. The highest BCUT2D eigenvalue weighted by Crippen LogP contribution is 2.16. The summed E-state index contributed by atoms with van der Waals surface area (Å²) in [5, 5.41) is 12.0. The van der Waals surface area contributed by atoms with Crippen LogP contribution in [0.25, 0.3) is 0 Å². The van der Waals surface area contributed by atoms with Crippen molar-refractivity contribution in [2.75, 3.05) is 29.7 Å². The number of aliphatic carboxylic acids is 1. The number of rotatable bonds is 11. The first-order valence-electron chi connectivity index (χ1n) is 9.05. The highest BCUT2D eigenvalue weighted by atomic mass is 35.5. The normalized spacial score (nSPS) is 11.6. The Bertz CT molecular complexity index is 748. The largest absolute Gasteiger partial charge is 0.480 e. The summed E-state index contributed by atoms with van der Waals surface area (Å²) in [6, 6.07) is 15.8. The van der Waals surface area contributed by atoms with Crippen LogP contribution in [0.2, 0.25) is 0 Å². The quantitative estimate of drug-likeness (QED) is 0.544. The molecule has 0 fully saturated rings. The minimum atomic E-state index is -1.05. The molecule has 1 amide bonds. The van der Waals surface area contributed by atoms with Gasteiger partial charge in [-0.3, -0.25) is 4.79 Å². The van der Waals surface area contributed by atoms with Crippen molar-refractivity contribution in [1.29, 1.82) is 0 Å². The van der Waals surface area contributed by atoms with E-state index in [1.54, 1.807) is 0 Å². The smallest absolute Gasteiger partial charge is 0.326 e. The van der Waals surface area contributed by atoms with E-state index in [4.69, 9.17) is 23.2 Å². The van der Waals surface area contributed by atoms with Crippen molar-refractivity contribution in [3.05, 3.63) is 65.7 Å². The molecular weight excluding hydrogens is 399 g/mol. The molecule has 0 unspecified atom stereocenters. The third-order valence-corrected chi connectivity index (χ3v) is 4.63. The maximum atomic E-state index is 12.3. The molecule has 0 aliphatic carbocycles. The molecule has 0 aromatic heterocycles. The monoisotopic (exact) mass is 422 g/mol. The Morgan fingerprint density at radius 3 is 2.07 bits per heavy atom. The summed E-state index contributed by atoms with van der Waals surface area (Å²) in [6.07, 6.45) is 0.358. The van der Waals surface area contributed by atoms with Crippen LogP contribution in [-0.4, -0.2) is 47.9 Å². The average molecular weight is 423 g/mol. The number of nitrogens with one attached hydrogen (secondary N) is 1. The van der Waals surface area contributed by atoms with Crippen molar-refractivity contribution in [1.82, 2.24) is 5.32 Å². The molecule has 2 aromatic rings. The van der Waals surface area contributed by atoms with Crippen molar-refractivity contribution >= 4 is 40.8 Å². The molecule has 0 radical (unpaired) electrons. The summed E-state index contributed by atoms with van der Waals surface area (Å²) in [5.74, 6) is -0.377. The molecule has 0 saturated carbocycles. The Morgan fingerprint density at radius 1 is 0.929 bits per heavy atom. The second-order valence-electron chi connectivity index (χ2n) is 6.36. The van der Waals surface area contributed by atoms with Crippen LogP contribution in [0.5, 0.6) is 0 Å². The molecule has 2 rings (SSSR count). The SMILES string of the molecule is O=C(Cc1ccc(N(CCCl)CCCl)cc1)N[C@H](Cc1ccccc1)C(=O)O. The highest BCUT2D eigenvalue weighted by molar-refractivity contribution is 6.18. The molecule has 28 heavy (non-hydrogen) atoms. The zero-order chi connectivity index (χ0) is 20.4. The third-order valence-electron chi connectivity index (χ3n) is 4.29. The Labute approximate surface area is 175 Å². The molecule has 0 bridgehead atoms. The number of alkyl halides is 2. The Balaban J connectivity index is 1.96. The molecule has 5 nitrogen and oxygen atoms in total. The molecule has 0 aliphatic rings. The van der Waals surface area contributed by atoms with Crippen LogP contribution in [0.3, 0.4) is 0 Å². The number of amides is 1. The number of carboxylic acids is 1. The van der Waals surface area contributed by atoms with Gasteiger partial charge in [0.05, 0.1) is 6.42 Å². The summed E-state index contributed by atoms with van der Waals surface area (Å²) in [6.45, 7) is 1.38. The standard InChI is InChI=1S/C21H24Cl2N2O3/c22-10-12-25(13-11-23)18-8-6-17(7-9-18)15-20(26)24-19(21(27)28)14-16-4-2-1-3-5-16/h1-9,19H,10-15H2,(H,24,26)(H,27,28)/t19-/m1/s1. The summed E-state index contributed by atoms with van der Waals surface area (Å²) >= 11 is 11.7. The molecule has 0 heterocycles. The second kappa shape index (κ2) is 11.6. The second-order valence-corrected chi connectivity index (χ2v) is 7.11. The van der Waals surface area contributed by atoms with E-state index in [0.29, 0.717) is 24.8 Å². The lowest BCUT2D eigenvalue weighted by Crippen LogP contribution is -2.43. The van der Waals surface area contributed by atoms with Crippen molar-refractivity contribution in [3.8, 4) is 0 Å². The molecule has 0 saturated heterocycles. The fraction of sp³-hybridized carbons (Fsp3) is 0.333. The highest BCUT2D eigenvalue weighted by Gasteiger charge is 2.20. The fourth-order valence-electron chi connectivity index (χ4n) is 2.88. The van der Waals surface area contributed by atoms with Crippen LogP contribution in [0, 0.1) is 0 Å². The molecule has 0 aliphatic heterocycles. The van der Waals surface area contributed by atoms with Gasteiger partial charge in [0.15, 0.2) is 0 Å². The van der Waals surface area contributed by atoms with E-state index < -0.39 is 12.0 Å². The summed E-state index contributed by atoms with van der Waals surface area (Å²) < 4.78 is 0. The van der Waals surface area contributed by atoms with Gasteiger partial charge in [-0.1, -0.05) is 42.5 Å². The van der Waals surface area contributed by atoms with Gasteiger partial charge in [-0.05, 0) is 23.3 Å². The lowest BCUT2D eigenvalue weighted by atomic mass is 10.1. The predicted molar refractivity (Wildman–Crippen MR) is 114 cm³/mol. The third kappa shape index (κ3) is 7.06. The van der Waals surface area contributed by atoms with Crippen molar-refractivity contribution in [2.45, 2.75) is 18.9 Å². The molecule has 2 aromatic carbocycles. The minimum absolute atomic E-state index is 0.115. The molecule has 1 atom stereocenters. The van der Waals surface area contributed by atoms with Crippen molar-refractivity contribution in [2.24, 2.45) is 0 Å². The number of hydrogen-bond donors (Lipinski definition) is 2.